The Morgan fingerprint density at radius 3 is 2.00 bits per heavy atom. The topological polar surface area (TPSA) is 49.3 Å². The normalized spacial score (nSPS) is 14.3. The van der Waals surface area contributed by atoms with Crippen molar-refractivity contribution < 1.29 is 40.6 Å². The van der Waals surface area contributed by atoms with Crippen LogP contribution in [0.3, 0.4) is 0 Å². The maximum absolute atomic E-state index is 13.1. The molecule has 0 radical (unpaired) electrons. The van der Waals surface area contributed by atoms with E-state index < -0.39 is 54.6 Å². The van der Waals surface area contributed by atoms with Crippen molar-refractivity contribution in [3.63, 3.8) is 0 Å². The fraction of sp³-hybridized carbons (Fsp3) is 0.350. The number of hydrogen-bond donors (Lipinski definition) is 2. The Kier molecular flexibility index (Phi) is 7.46. The molecule has 2 N–H and O–H groups in total. The summed E-state index contributed by atoms with van der Waals surface area (Å²) in [7, 11) is 0. The van der Waals surface area contributed by atoms with Gasteiger partial charge in [0.2, 0.25) is 5.91 Å². The molecule has 30 heavy (non-hydrogen) atoms. The number of nitrogens with one attached hydrogen (secondary N) is 1. The molecular formula is C20H18F7NO2. The molecule has 3 nitrogen and oxygen atoms in total. The third kappa shape index (κ3) is 7.33. The van der Waals surface area contributed by atoms with E-state index in [1.54, 1.807) is 0 Å². The van der Waals surface area contributed by atoms with Crippen LogP contribution < -0.4 is 5.32 Å². The van der Waals surface area contributed by atoms with Gasteiger partial charge in [0, 0.05) is 6.42 Å². The highest BCUT2D eigenvalue weighted by atomic mass is 19.4. The van der Waals surface area contributed by atoms with Gasteiger partial charge >= 0.3 is 12.4 Å². The molecule has 0 aliphatic heterocycles. The molecule has 0 bridgehead atoms. The van der Waals surface area contributed by atoms with Crippen LogP contribution in [-0.4, -0.2) is 23.2 Å². The van der Waals surface area contributed by atoms with Gasteiger partial charge in [0.05, 0.1) is 24.1 Å². The van der Waals surface area contributed by atoms with Crippen molar-refractivity contribution in [1.29, 1.82) is 0 Å². The van der Waals surface area contributed by atoms with Crippen molar-refractivity contribution >= 4 is 5.91 Å². The lowest BCUT2D eigenvalue weighted by Gasteiger charge is -2.25. The number of carbonyl (C=O) groups excluding carboxylic acids is 1. The van der Waals surface area contributed by atoms with Gasteiger partial charge < -0.3 is 10.4 Å². The number of aliphatic hydroxyl groups is 1. The van der Waals surface area contributed by atoms with Gasteiger partial charge in [-0.3, -0.25) is 4.79 Å². The summed E-state index contributed by atoms with van der Waals surface area (Å²) >= 11 is 0. The monoisotopic (exact) mass is 437 g/mol. The molecule has 1 amide bonds. The summed E-state index contributed by atoms with van der Waals surface area (Å²) in [6.07, 6.45) is -12.9. The van der Waals surface area contributed by atoms with Crippen molar-refractivity contribution in [2.45, 2.75) is 43.8 Å². The fourth-order valence-electron chi connectivity index (χ4n) is 2.75. The molecule has 0 saturated carbocycles. The van der Waals surface area contributed by atoms with Crippen LogP contribution in [0.25, 0.3) is 0 Å². The van der Waals surface area contributed by atoms with Crippen molar-refractivity contribution in [3.8, 4) is 0 Å². The van der Waals surface area contributed by atoms with Crippen molar-refractivity contribution in [1.82, 2.24) is 5.32 Å². The fourth-order valence-corrected chi connectivity index (χ4v) is 2.75. The summed E-state index contributed by atoms with van der Waals surface area (Å²) in [4.78, 5) is 11.9. The van der Waals surface area contributed by atoms with E-state index >= 15 is 0 Å². The molecule has 0 saturated heterocycles. The van der Waals surface area contributed by atoms with E-state index in [0.717, 1.165) is 36.4 Å². The van der Waals surface area contributed by atoms with Crippen molar-refractivity contribution in [3.05, 3.63) is 71.0 Å². The minimum atomic E-state index is -4.55. The van der Waals surface area contributed by atoms with E-state index in [4.69, 9.17) is 0 Å². The number of alkyl halides is 6. The second-order valence-corrected chi connectivity index (χ2v) is 6.68. The molecule has 0 fully saturated rings. The smallest absolute Gasteiger partial charge is 0.386 e. The molecule has 2 atom stereocenters. The van der Waals surface area contributed by atoms with Crippen molar-refractivity contribution in [2.24, 2.45) is 0 Å². The zero-order valence-corrected chi connectivity index (χ0v) is 15.4. The molecule has 0 aliphatic carbocycles. The standard InChI is InChI=1S/C20H18F7NO2/c21-15-7-3-13(4-8-15)18(30)16(28-17(29)9-10-19(22,23)24)11-12-1-5-14(6-2-12)20(25,26)27/h1-8,16,18,30H,9-11H2,(H,28,29). The number of halogens is 7. The van der Waals surface area contributed by atoms with Crippen molar-refractivity contribution in [2.75, 3.05) is 0 Å². The SMILES string of the molecule is O=C(CCC(F)(F)F)NC(Cc1ccc(C(F)(F)F)cc1)C(O)c1ccc(F)cc1. The second-order valence-electron chi connectivity index (χ2n) is 6.68. The first kappa shape index (κ1) is 23.7. The summed E-state index contributed by atoms with van der Waals surface area (Å²) < 4.78 is 88.2. The molecule has 0 aliphatic rings. The van der Waals surface area contributed by atoms with Gasteiger partial charge in [-0.1, -0.05) is 24.3 Å². The number of benzene rings is 2. The average Bonchev–Trinajstić information content (AvgIpc) is 2.65. The molecule has 164 valence electrons. The predicted octanol–water partition coefficient (Wildman–Crippen LogP) is 4.95. The van der Waals surface area contributed by atoms with Gasteiger partial charge in [0.1, 0.15) is 5.82 Å². The number of hydrogen-bond acceptors (Lipinski definition) is 2. The Morgan fingerprint density at radius 1 is 0.933 bits per heavy atom. The Balaban J connectivity index is 2.19. The van der Waals surface area contributed by atoms with E-state index in [1.807, 2.05) is 0 Å². The van der Waals surface area contributed by atoms with Gasteiger partial charge in [0.15, 0.2) is 0 Å². The highest BCUT2D eigenvalue weighted by Gasteiger charge is 2.31. The van der Waals surface area contributed by atoms with Gasteiger partial charge in [-0.15, -0.1) is 0 Å². The summed E-state index contributed by atoms with van der Waals surface area (Å²) in [6.45, 7) is 0. The minimum Gasteiger partial charge on any atom is -0.386 e. The van der Waals surface area contributed by atoms with Gasteiger partial charge in [0.25, 0.3) is 0 Å². The lowest BCUT2D eigenvalue weighted by molar-refractivity contribution is -0.144. The van der Waals surface area contributed by atoms with E-state index in [0.29, 0.717) is 5.56 Å². The molecule has 2 aromatic rings. The predicted molar refractivity (Wildman–Crippen MR) is 93.7 cm³/mol. The van der Waals surface area contributed by atoms with Crippen LogP contribution >= 0.6 is 0 Å². The maximum atomic E-state index is 13.1. The zero-order valence-electron chi connectivity index (χ0n) is 15.4. The van der Waals surface area contributed by atoms with E-state index in [1.165, 1.54) is 12.1 Å². The number of amides is 1. The second kappa shape index (κ2) is 9.46. The summed E-state index contributed by atoms with van der Waals surface area (Å²) in [6, 6.07) is 7.38. The van der Waals surface area contributed by atoms with Crippen LogP contribution in [0.4, 0.5) is 30.7 Å². The summed E-state index contributed by atoms with van der Waals surface area (Å²) in [5, 5.41) is 12.8. The van der Waals surface area contributed by atoms with Crippen LogP contribution in [0.15, 0.2) is 48.5 Å². The number of rotatable bonds is 7. The first-order valence-corrected chi connectivity index (χ1v) is 8.81. The van der Waals surface area contributed by atoms with E-state index in [2.05, 4.69) is 5.32 Å². The third-order valence-corrected chi connectivity index (χ3v) is 4.31. The highest BCUT2D eigenvalue weighted by Crippen LogP contribution is 2.30. The molecule has 10 heteroatoms. The summed E-state index contributed by atoms with van der Waals surface area (Å²) in [5.74, 6) is -1.56. The zero-order chi connectivity index (χ0) is 22.5. The van der Waals surface area contributed by atoms with Crippen LogP contribution in [0, 0.1) is 5.82 Å². The molecular weight excluding hydrogens is 419 g/mol. The molecule has 2 rings (SSSR count). The Bertz CT molecular complexity index is 830. The molecule has 2 unspecified atom stereocenters. The first-order valence-electron chi connectivity index (χ1n) is 8.81. The van der Waals surface area contributed by atoms with Crippen LogP contribution in [0.2, 0.25) is 0 Å². The maximum Gasteiger partial charge on any atom is 0.416 e. The van der Waals surface area contributed by atoms with E-state index in [9.17, 15) is 40.6 Å². The third-order valence-electron chi connectivity index (χ3n) is 4.31. The highest BCUT2D eigenvalue weighted by molar-refractivity contribution is 5.76. The van der Waals surface area contributed by atoms with Gasteiger partial charge in [-0.2, -0.15) is 26.3 Å². The van der Waals surface area contributed by atoms with Crippen LogP contribution in [0.1, 0.15) is 35.6 Å². The quantitative estimate of drug-likeness (QED) is 0.603. The summed E-state index contributed by atoms with van der Waals surface area (Å²) in [5.41, 5.74) is -0.397. The number of carbonyl (C=O) groups is 1. The first-order chi connectivity index (χ1) is 13.8. The Morgan fingerprint density at radius 2 is 1.50 bits per heavy atom. The molecule has 0 heterocycles. The van der Waals surface area contributed by atoms with Crippen LogP contribution in [0.5, 0.6) is 0 Å². The lowest BCUT2D eigenvalue weighted by atomic mass is 9.95. The Hall–Kier alpha value is -2.62. The van der Waals surface area contributed by atoms with Gasteiger partial charge in [-0.25, -0.2) is 4.39 Å². The van der Waals surface area contributed by atoms with E-state index in [-0.39, 0.29) is 12.0 Å². The van der Waals surface area contributed by atoms with Crippen LogP contribution in [-0.2, 0) is 17.4 Å². The Labute approximate surface area is 167 Å². The largest absolute Gasteiger partial charge is 0.416 e. The molecule has 2 aromatic carbocycles. The molecule has 0 spiro atoms. The minimum absolute atomic E-state index is 0.158. The average molecular weight is 437 g/mol. The number of aliphatic hydroxyl groups excluding tert-OH is 1. The van der Waals surface area contributed by atoms with Gasteiger partial charge in [-0.05, 0) is 41.8 Å². The lowest BCUT2D eigenvalue weighted by Crippen LogP contribution is -2.41. The molecule has 0 aromatic heterocycles.